The number of ether oxygens (including phenoxy) is 2. The number of halogens is 15. The van der Waals surface area contributed by atoms with E-state index >= 15 is 0 Å². The lowest BCUT2D eigenvalue weighted by molar-refractivity contribution is -0.453. The molecule has 0 radical (unpaired) electrons. The van der Waals surface area contributed by atoms with Crippen molar-refractivity contribution < 1.29 is 75.3 Å². The van der Waals surface area contributed by atoms with Crippen molar-refractivity contribution >= 4 is 0 Å². The molecular weight excluding hydrogens is 557 g/mol. The first-order chi connectivity index (χ1) is 16.3. The van der Waals surface area contributed by atoms with Gasteiger partial charge in [-0.05, 0) is 23.6 Å². The predicted octanol–water partition coefficient (Wildman–Crippen LogP) is 8.17. The van der Waals surface area contributed by atoms with Gasteiger partial charge in [0.2, 0.25) is 0 Å². The van der Waals surface area contributed by atoms with Gasteiger partial charge in [0.25, 0.3) is 0 Å². The van der Waals surface area contributed by atoms with E-state index in [4.69, 9.17) is 4.74 Å². The van der Waals surface area contributed by atoms with E-state index in [9.17, 15) is 65.9 Å². The van der Waals surface area contributed by atoms with Crippen LogP contribution in [0, 0.1) is 5.92 Å². The molecule has 0 bridgehead atoms. The van der Waals surface area contributed by atoms with Crippen LogP contribution < -0.4 is 4.74 Å². The minimum Gasteiger partial charge on any atom is -0.493 e. The topological polar surface area (TPSA) is 18.5 Å². The summed E-state index contributed by atoms with van der Waals surface area (Å²) in [6.45, 7) is 3.47. The molecule has 216 valence electrons. The molecule has 1 aromatic carbocycles. The minimum absolute atomic E-state index is 0.0587. The molecule has 0 aromatic heterocycles. The zero-order valence-electron chi connectivity index (χ0n) is 18.9. The maximum absolute atomic E-state index is 14.3. The van der Waals surface area contributed by atoms with Crippen LogP contribution in [0.25, 0.3) is 0 Å². The molecule has 37 heavy (non-hydrogen) atoms. The lowest BCUT2D eigenvalue weighted by atomic mass is 9.88. The molecule has 17 heteroatoms. The molecule has 0 saturated carbocycles. The summed E-state index contributed by atoms with van der Waals surface area (Å²) in [7, 11) is 0.589. The van der Waals surface area contributed by atoms with E-state index in [1.54, 1.807) is 13.8 Å². The van der Waals surface area contributed by atoms with Crippen LogP contribution in [0.4, 0.5) is 65.9 Å². The van der Waals surface area contributed by atoms with E-state index in [1.165, 1.54) is 6.07 Å². The Kier molecular flexibility index (Phi) is 9.13. The van der Waals surface area contributed by atoms with Crippen molar-refractivity contribution in [2.45, 2.75) is 68.1 Å². The van der Waals surface area contributed by atoms with E-state index in [-0.39, 0.29) is 18.3 Å². The van der Waals surface area contributed by atoms with Crippen molar-refractivity contribution in [1.29, 1.82) is 0 Å². The summed E-state index contributed by atoms with van der Waals surface area (Å²) >= 11 is 0. The molecule has 0 aliphatic heterocycles. The number of hydrogen-bond donors (Lipinski definition) is 0. The molecule has 2 nitrogen and oxygen atoms in total. The third-order valence-electron chi connectivity index (χ3n) is 4.93. The van der Waals surface area contributed by atoms with Gasteiger partial charge in [-0.3, -0.25) is 0 Å². The molecule has 0 amide bonds. The summed E-state index contributed by atoms with van der Waals surface area (Å²) in [5.41, 5.74) is -0.469. The van der Waals surface area contributed by atoms with Crippen molar-refractivity contribution in [3.05, 3.63) is 29.8 Å². The second-order valence-electron chi connectivity index (χ2n) is 8.28. The second-order valence-corrected chi connectivity index (χ2v) is 8.28. The number of rotatable bonds is 12. The van der Waals surface area contributed by atoms with Crippen molar-refractivity contribution in [1.82, 2.24) is 0 Å². The number of benzene rings is 1. The van der Waals surface area contributed by atoms with Crippen LogP contribution in [0.2, 0.25) is 0 Å². The van der Waals surface area contributed by atoms with Gasteiger partial charge in [-0.25, -0.2) is 0 Å². The molecular formula is C20H19F15O2. The lowest BCUT2D eigenvalue weighted by Gasteiger charge is -2.42. The Morgan fingerprint density at radius 2 is 1.14 bits per heavy atom. The summed E-state index contributed by atoms with van der Waals surface area (Å²) < 4.78 is 210. The molecule has 0 spiro atoms. The van der Waals surface area contributed by atoms with Crippen LogP contribution in [0.3, 0.4) is 0 Å². The van der Waals surface area contributed by atoms with Gasteiger partial charge in [-0.15, -0.1) is 0 Å². The van der Waals surface area contributed by atoms with Crippen LogP contribution in [-0.4, -0.2) is 55.4 Å². The SMILES string of the molecule is COC(CC(F)(F)C(F)(F)C(F)(F)C(F)(F)C(F)(F)C(F)(F)C(F)(F)F)c1cccc(OCC(C)C)c1. The molecule has 1 atom stereocenters. The minimum atomic E-state index is -8.32. The fourth-order valence-corrected chi connectivity index (χ4v) is 2.76. The van der Waals surface area contributed by atoms with Gasteiger partial charge in [0.05, 0.1) is 12.7 Å². The second kappa shape index (κ2) is 10.2. The highest BCUT2D eigenvalue weighted by Crippen LogP contribution is 2.63. The summed E-state index contributed by atoms with van der Waals surface area (Å²) in [6.07, 6.45) is -12.6. The molecule has 0 aliphatic rings. The molecule has 0 aliphatic carbocycles. The van der Waals surface area contributed by atoms with Crippen molar-refractivity contribution in [2.24, 2.45) is 5.92 Å². The quantitative estimate of drug-likeness (QED) is 0.234. The molecule has 0 fully saturated rings. The normalized spacial score (nSPS) is 15.8. The van der Waals surface area contributed by atoms with Crippen molar-refractivity contribution in [2.75, 3.05) is 13.7 Å². The van der Waals surface area contributed by atoms with E-state index in [0.29, 0.717) is 7.11 Å². The average Bonchev–Trinajstić information content (AvgIpc) is 2.74. The molecule has 1 aromatic rings. The van der Waals surface area contributed by atoms with Crippen molar-refractivity contribution in [3.63, 3.8) is 0 Å². The zero-order chi connectivity index (χ0) is 29.5. The summed E-state index contributed by atoms with van der Waals surface area (Å²) in [5, 5.41) is 0. The van der Waals surface area contributed by atoms with Gasteiger partial charge < -0.3 is 9.47 Å². The van der Waals surface area contributed by atoms with Crippen LogP contribution in [0.5, 0.6) is 5.75 Å². The largest absolute Gasteiger partial charge is 0.493 e. The molecule has 0 heterocycles. The highest BCUT2D eigenvalue weighted by molar-refractivity contribution is 5.30. The Morgan fingerprint density at radius 3 is 1.57 bits per heavy atom. The summed E-state index contributed by atoms with van der Waals surface area (Å²) in [5.74, 6) is -46.9. The van der Waals surface area contributed by atoms with Crippen LogP contribution in [0.1, 0.15) is 31.9 Å². The third kappa shape index (κ3) is 5.70. The summed E-state index contributed by atoms with van der Waals surface area (Å²) in [6, 6.07) is 4.20. The lowest BCUT2D eigenvalue weighted by Crippen LogP contribution is -2.72. The van der Waals surface area contributed by atoms with Gasteiger partial charge in [-0.1, -0.05) is 26.0 Å². The highest BCUT2D eigenvalue weighted by Gasteiger charge is 2.93. The number of hydrogen-bond acceptors (Lipinski definition) is 2. The van der Waals surface area contributed by atoms with Crippen LogP contribution >= 0.6 is 0 Å². The summed E-state index contributed by atoms with van der Waals surface area (Å²) in [4.78, 5) is 0. The fraction of sp³-hybridized carbons (Fsp3) is 0.700. The maximum atomic E-state index is 14.3. The van der Waals surface area contributed by atoms with E-state index in [2.05, 4.69) is 4.74 Å². The van der Waals surface area contributed by atoms with Gasteiger partial charge >= 0.3 is 41.7 Å². The molecule has 1 rings (SSSR count). The Labute approximate surface area is 199 Å². The van der Waals surface area contributed by atoms with E-state index in [0.717, 1.165) is 18.2 Å². The third-order valence-corrected chi connectivity index (χ3v) is 4.93. The first-order valence-corrected chi connectivity index (χ1v) is 9.91. The maximum Gasteiger partial charge on any atom is 0.460 e. The molecule has 1 unspecified atom stereocenters. The predicted molar refractivity (Wildman–Crippen MR) is 96.9 cm³/mol. The zero-order valence-corrected chi connectivity index (χ0v) is 18.9. The van der Waals surface area contributed by atoms with Gasteiger partial charge in [0.1, 0.15) is 5.75 Å². The number of alkyl halides is 15. The van der Waals surface area contributed by atoms with E-state index < -0.39 is 59.8 Å². The van der Waals surface area contributed by atoms with Crippen LogP contribution in [-0.2, 0) is 4.74 Å². The van der Waals surface area contributed by atoms with E-state index in [1.807, 2.05) is 0 Å². The monoisotopic (exact) mass is 576 g/mol. The standard InChI is InChI=1S/C20H19F15O2/c1-10(2)9-37-12-6-4-5-11(7-12)13(36-3)8-14(21,22)15(23,24)16(25,26)17(27,28)18(29,30)19(31,32)20(33,34)35/h4-7,10,13H,8-9H2,1-3H3. The average molecular weight is 576 g/mol. The Bertz CT molecular complexity index is 909. The van der Waals surface area contributed by atoms with Gasteiger partial charge in [0, 0.05) is 13.5 Å². The molecule has 0 N–H and O–H groups in total. The fourth-order valence-electron chi connectivity index (χ4n) is 2.76. The Hall–Kier alpha value is -2.07. The van der Waals surface area contributed by atoms with Gasteiger partial charge in [0.15, 0.2) is 0 Å². The highest BCUT2D eigenvalue weighted by atomic mass is 19.4. The number of methoxy groups -OCH3 is 1. The Morgan fingerprint density at radius 1 is 0.676 bits per heavy atom. The van der Waals surface area contributed by atoms with Gasteiger partial charge in [-0.2, -0.15) is 65.9 Å². The Balaban J connectivity index is 3.44. The van der Waals surface area contributed by atoms with Crippen LogP contribution in [0.15, 0.2) is 24.3 Å². The van der Waals surface area contributed by atoms with Crippen molar-refractivity contribution in [3.8, 4) is 5.75 Å². The smallest absolute Gasteiger partial charge is 0.460 e. The first kappa shape index (κ1) is 33.0. The molecule has 0 saturated heterocycles. The first-order valence-electron chi connectivity index (χ1n) is 9.91.